The van der Waals surface area contributed by atoms with Crippen LogP contribution in [0.2, 0.25) is 0 Å². The number of benzene rings is 2. The minimum atomic E-state index is -0.377. The number of carbonyl (C=O) groups is 2. The topological polar surface area (TPSA) is 116 Å². The highest BCUT2D eigenvalue weighted by Crippen LogP contribution is 2.29. The SMILES string of the molecule is CCC1=NC(C)=C(CN2CCc3nc(CC(=O)c4cccc5[nH]c(NC(=O)c6cc7ccccc7cn6)nc45)sc3C2)C1. The van der Waals surface area contributed by atoms with E-state index in [9.17, 15) is 9.59 Å². The molecule has 1 amide bonds. The van der Waals surface area contributed by atoms with E-state index in [4.69, 9.17) is 9.98 Å². The standard InChI is InChI=1S/C33H31N7O2S/c1-3-23-13-22(19(2)35-23)17-40-12-11-25-29(18-40)43-30(36-25)15-28(41)24-9-6-10-26-31(24)38-33(37-26)39-32(42)27-14-20-7-4-5-8-21(20)16-34-27/h4-10,14,16H,3,11-13,15,17-18H2,1-2H3,(H2,37,38,39,42). The zero-order chi connectivity index (χ0) is 29.5. The summed E-state index contributed by atoms with van der Waals surface area (Å²) in [4.78, 5) is 51.7. The molecule has 0 unspecified atom stereocenters. The van der Waals surface area contributed by atoms with Gasteiger partial charge in [0.05, 0.1) is 17.6 Å². The van der Waals surface area contributed by atoms with Gasteiger partial charge in [-0.2, -0.15) is 0 Å². The fraction of sp³-hybridized carbons (Fsp3) is 0.273. The molecule has 2 N–H and O–H groups in total. The van der Waals surface area contributed by atoms with Crippen molar-refractivity contribution >= 4 is 56.5 Å². The van der Waals surface area contributed by atoms with Crippen LogP contribution < -0.4 is 5.32 Å². The molecule has 0 spiro atoms. The van der Waals surface area contributed by atoms with Crippen LogP contribution in [-0.4, -0.2) is 55.3 Å². The molecule has 2 aliphatic rings. The first-order valence-electron chi connectivity index (χ1n) is 14.6. The number of aromatic amines is 1. The van der Waals surface area contributed by atoms with E-state index in [1.54, 1.807) is 29.7 Å². The van der Waals surface area contributed by atoms with Gasteiger partial charge in [-0.15, -0.1) is 11.3 Å². The Bertz CT molecular complexity index is 1970. The molecule has 0 aliphatic carbocycles. The molecule has 5 aromatic rings. The molecular formula is C33H31N7O2S. The Balaban J connectivity index is 1.04. The van der Waals surface area contributed by atoms with Gasteiger partial charge in [0.2, 0.25) is 5.95 Å². The number of imidazole rings is 1. The first kappa shape index (κ1) is 27.3. The summed E-state index contributed by atoms with van der Waals surface area (Å²) in [5.41, 5.74) is 6.95. The van der Waals surface area contributed by atoms with E-state index in [1.807, 2.05) is 36.4 Å². The van der Waals surface area contributed by atoms with Gasteiger partial charge in [0.15, 0.2) is 5.78 Å². The molecule has 0 saturated heterocycles. The van der Waals surface area contributed by atoms with Crippen LogP contribution in [0.5, 0.6) is 0 Å². The van der Waals surface area contributed by atoms with Crippen molar-refractivity contribution in [2.75, 3.05) is 18.4 Å². The smallest absolute Gasteiger partial charge is 0.276 e. The second kappa shape index (κ2) is 11.3. The van der Waals surface area contributed by atoms with E-state index in [2.05, 4.69) is 39.0 Å². The van der Waals surface area contributed by atoms with Crippen molar-refractivity contribution in [3.63, 3.8) is 0 Å². The number of nitrogens with one attached hydrogen (secondary N) is 2. The lowest BCUT2D eigenvalue weighted by Crippen LogP contribution is -2.31. The number of H-pyrrole nitrogens is 1. The Morgan fingerprint density at radius 3 is 2.79 bits per heavy atom. The number of allylic oxidation sites excluding steroid dienone is 1. The maximum atomic E-state index is 13.5. The molecule has 9 nitrogen and oxygen atoms in total. The quantitative estimate of drug-likeness (QED) is 0.210. The number of anilines is 1. The summed E-state index contributed by atoms with van der Waals surface area (Å²) < 4.78 is 0. The number of Topliss-reactive ketones (excluding diaryl/α,β-unsaturated/α-hetero) is 1. The third-order valence-corrected chi connectivity index (χ3v) is 9.23. The monoisotopic (exact) mass is 589 g/mol. The van der Waals surface area contributed by atoms with Gasteiger partial charge in [-0.25, -0.2) is 9.97 Å². The van der Waals surface area contributed by atoms with Crippen molar-refractivity contribution in [2.24, 2.45) is 4.99 Å². The number of aliphatic imine (C=N–C) groups is 1. The van der Waals surface area contributed by atoms with Crippen LogP contribution in [0.15, 0.2) is 71.0 Å². The molecule has 0 bridgehead atoms. The molecule has 0 radical (unpaired) electrons. The molecule has 5 heterocycles. The van der Waals surface area contributed by atoms with Crippen LogP contribution in [0.3, 0.4) is 0 Å². The van der Waals surface area contributed by atoms with E-state index in [0.29, 0.717) is 16.6 Å². The molecule has 2 aromatic carbocycles. The molecule has 216 valence electrons. The lowest BCUT2D eigenvalue weighted by molar-refractivity contribution is 0.0992. The van der Waals surface area contributed by atoms with Gasteiger partial charge in [0.25, 0.3) is 5.91 Å². The largest absolute Gasteiger partial charge is 0.324 e. The Morgan fingerprint density at radius 2 is 1.95 bits per heavy atom. The molecule has 43 heavy (non-hydrogen) atoms. The van der Waals surface area contributed by atoms with Crippen molar-refractivity contribution in [1.29, 1.82) is 0 Å². The molecule has 3 aromatic heterocycles. The van der Waals surface area contributed by atoms with Gasteiger partial charge in [-0.05, 0) is 42.5 Å². The number of thiazole rings is 1. The van der Waals surface area contributed by atoms with Crippen molar-refractivity contribution in [1.82, 2.24) is 24.8 Å². The van der Waals surface area contributed by atoms with E-state index >= 15 is 0 Å². The minimum Gasteiger partial charge on any atom is -0.324 e. The zero-order valence-electron chi connectivity index (χ0n) is 24.1. The second-order valence-electron chi connectivity index (χ2n) is 11.1. The first-order chi connectivity index (χ1) is 20.9. The molecular weight excluding hydrogens is 558 g/mol. The van der Waals surface area contributed by atoms with Gasteiger partial charge in [0, 0.05) is 65.9 Å². The molecule has 7 rings (SSSR count). The van der Waals surface area contributed by atoms with E-state index < -0.39 is 0 Å². The Morgan fingerprint density at radius 1 is 1.09 bits per heavy atom. The maximum absolute atomic E-state index is 13.5. The average Bonchev–Trinajstić information content (AvgIpc) is 3.72. The predicted octanol–water partition coefficient (Wildman–Crippen LogP) is 6.13. The lowest BCUT2D eigenvalue weighted by Gasteiger charge is -2.26. The summed E-state index contributed by atoms with van der Waals surface area (Å²) in [5, 5.41) is 5.51. The zero-order valence-corrected chi connectivity index (χ0v) is 24.9. The van der Waals surface area contributed by atoms with Crippen molar-refractivity contribution in [3.05, 3.63) is 92.8 Å². The summed E-state index contributed by atoms with van der Waals surface area (Å²) in [5.74, 6) is -0.160. The highest BCUT2D eigenvalue weighted by atomic mass is 32.1. The predicted molar refractivity (Wildman–Crippen MR) is 170 cm³/mol. The number of amides is 1. The van der Waals surface area contributed by atoms with Crippen LogP contribution in [0.4, 0.5) is 5.95 Å². The van der Waals surface area contributed by atoms with Gasteiger partial charge in [-0.1, -0.05) is 37.3 Å². The number of aromatic nitrogens is 4. The third-order valence-electron chi connectivity index (χ3n) is 8.15. The number of hydrogen-bond donors (Lipinski definition) is 2. The number of fused-ring (bicyclic) bond motifs is 3. The minimum absolute atomic E-state index is 0.0508. The summed E-state index contributed by atoms with van der Waals surface area (Å²) in [6, 6.07) is 14.9. The van der Waals surface area contributed by atoms with Crippen LogP contribution >= 0.6 is 11.3 Å². The first-order valence-corrected chi connectivity index (χ1v) is 15.4. The lowest BCUT2D eigenvalue weighted by atomic mass is 10.1. The van der Waals surface area contributed by atoms with Gasteiger partial charge in [0.1, 0.15) is 16.2 Å². The van der Waals surface area contributed by atoms with Crippen LogP contribution in [0.1, 0.15) is 63.1 Å². The second-order valence-corrected chi connectivity index (χ2v) is 12.3. The summed E-state index contributed by atoms with van der Waals surface area (Å²) in [6.07, 6.45) is 4.77. The highest BCUT2D eigenvalue weighted by molar-refractivity contribution is 7.11. The molecule has 10 heteroatoms. The average molecular weight is 590 g/mol. The number of pyridine rings is 1. The number of nitrogens with zero attached hydrogens (tertiary/aromatic N) is 5. The van der Waals surface area contributed by atoms with E-state index in [-0.39, 0.29) is 29.8 Å². The number of ketones is 1. The van der Waals surface area contributed by atoms with Gasteiger partial charge < -0.3 is 4.98 Å². The molecule has 0 saturated carbocycles. The van der Waals surface area contributed by atoms with Gasteiger partial charge >= 0.3 is 0 Å². The molecule has 2 aliphatic heterocycles. The van der Waals surface area contributed by atoms with E-state index in [0.717, 1.165) is 60.4 Å². The highest BCUT2D eigenvalue weighted by Gasteiger charge is 2.25. The van der Waals surface area contributed by atoms with E-state index in [1.165, 1.54) is 21.9 Å². The summed E-state index contributed by atoms with van der Waals surface area (Å²) in [7, 11) is 0. The Kier molecular flexibility index (Phi) is 7.16. The summed E-state index contributed by atoms with van der Waals surface area (Å²) >= 11 is 1.63. The van der Waals surface area contributed by atoms with Crippen LogP contribution in [0, 0.1) is 0 Å². The van der Waals surface area contributed by atoms with Crippen LogP contribution in [-0.2, 0) is 19.4 Å². The third kappa shape index (κ3) is 5.51. The van der Waals surface area contributed by atoms with Crippen LogP contribution in [0.25, 0.3) is 21.8 Å². The Labute approximate surface area is 252 Å². The number of rotatable bonds is 8. The fourth-order valence-corrected chi connectivity index (χ4v) is 6.97. The van der Waals surface area contributed by atoms with Crippen molar-refractivity contribution in [2.45, 2.75) is 46.1 Å². The normalized spacial score (nSPS) is 15.3. The Hall–Kier alpha value is -4.54. The van der Waals surface area contributed by atoms with Crippen molar-refractivity contribution in [3.8, 4) is 0 Å². The molecule has 0 atom stereocenters. The maximum Gasteiger partial charge on any atom is 0.276 e. The number of hydrogen-bond acceptors (Lipinski definition) is 8. The number of para-hydroxylation sites is 1. The summed E-state index contributed by atoms with van der Waals surface area (Å²) in [6.45, 7) is 7.02. The molecule has 0 fully saturated rings. The number of carbonyl (C=O) groups excluding carboxylic acids is 2. The van der Waals surface area contributed by atoms with Gasteiger partial charge in [-0.3, -0.25) is 29.8 Å². The van der Waals surface area contributed by atoms with Crippen molar-refractivity contribution < 1.29 is 9.59 Å². The fourth-order valence-electron chi connectivity index (χ4n) is 5.81.